The normalized spacial score (nSPS) is 10.6. The largest absolute Gasteiger partial charge is 0.494 e. The fraction of sp³-hybridized carbons (Fsp3) is 0.222. The third-order valence-corrected chi connectivity index (χ3v) is 4.62. The van der Waals surface area contributed by atoms with E-state index in [0.717, 1.165) is 16.0 Å². The first kappa shape index (κ1) is 18.6. The molecule has 0 radical (unpaired) electrons. The molecule has 0 aliphatic heterocycles. The number of carbonyl (C=O) groups excluding carboxylic acids is 1. The maximum absolute atomic E-state index is 12.1. The topological polar surface area (TPSA) is 106 Å². The van der Waals surface area contributed by atoms with Crippen molar-refractivity contribution in [1.29, 1.82) is 0 Å². The number of nitrogens with zero attached hydrogens (tertiary/aromatic N) is 2. The third-order valence-electron chi connectivity index (χ3n) is 3.69. The molecule has 1 aromatic heterocycles. The molecule has 0 aliphatic rings. The Labute approximate surface area is 159 Å². The van der Waals surface area contributed by atoms with Crippen molar-refractivity contribution in [3.63, 3.8) is 0 Å². The number of hydrogen-bond acceptors (Lipinski definition) is 7. The Hall–Kier alpha value is -3.20. The summed E-state index contributed by atoms with van der Waals surface area (Å²) in [5.41, 5.74) is 1.16. The number of nitro groups is 1. The van der Waals surface area contributed by atoms with Gasteiger partial charge in [-0.15, -0.1) is 0 Å². The van der Waals surface area contributed by atoms with Gasteiger partial charge in [0, 0.05) is 19.0 Å². The summed E-state index contributed by atoms with van der Waals surface area (Å²) in [7, 11) is 0. The number of nitrogens with one attached hydrogen (secondary N) is 2. The number of para-hydroxylation sites is 2. The van der Waals surface area contributed by atoms with E-state index in [4.69, 9.17) is 4.74 Å². The van der Waals surface area contributed by atoms with Crippen LogP contribution in [0, 0.1) is 10.1 Å². The van der Waals surface area contributed by atoms with Gasteiger partial charge in [-0.1, -0.05) is 23.5 Å². The minimum atomic E-state index is -0.458. The molecule has 1 amide bonds. The van der Waals surface area contributed by atoms with E-state index in [1.807, 2.05) is 25.1 Å². The fourth-order valence-electron chi connectivity index (χ4n) is 2.49. The highest BCUT2D eigenvalue weighted by atomic mass is 32.1. The summed E-state index contributed by atoms with van der Waals surface area (Å²) in [6, 6.07) is 11.9. The monoisotopic (exact) mass is 386 g/mol. The van der Waals surface area contributed by atoms with E-state index < -0.39 is 4.92 Å². The number of ether oxygens (including phenoxy) is 1. The Kier molecular flexibility index (Phi) is 5.82. The highest BCUT2D eigenvalue weighted by Gasteiger charge is 2.13. The van der Waals surface area contributed by atoms with Gasteiger partial charge >= 0.3 is 0 Å². The number of aromatic nitrogens is 1. The van der Waals surface area contributed by atoms with E-state index in [1.54, 1.807) is 18.2 Å². The first-order valence-corrected chi connectivity index (χ1v) is 9.19. The molecule has 0 bridgehead atoms. The second-order valence-electron chi connectivity index (χ2n) is 5.58. The molecule has 140 valence electrons. The van der Waals surface area contributed by atoms with Crippen molar-refractivity contribution < 1.29 is 14.5 Å². The Bertz CT molecular complexity index is 973. The second-order valence-corrected chi connectivity index (χ2v) is 6.61. The minimum Gasteiger partial charge on any atom is -0.494 e. The average Bonchev–Trinajstić information content (AvgIpc) is 3.03. The van der Waals surface area contributed by atoms with Gasteiger partial charge in [0.1, 0.15) is 11.4 Å². The molecule has 8 nitrogen and oxygen atoms in total. The summed E-state index contributed by atoms with van der Waals surface area (Å²) in [6.07, 6.45) is 0.159. The smallest absolute Gasteiger partial charge is 0.292 e. The van der Waals surface area contributed by atoms with Gasteiger partial charge in [-0.25, -0.2) is 4.98 Å². The van der Waals surface area contributed by atoms with E-state index in [9.17, 15) is 14.9 Å². The third kappa shape index (κ3) is 4.70. The average molecular weight is 386 g/mol. The number of anilines is 2. The number of thiazole rings is 1. The van der Waals surface area contributed by atoms with Crippen LogP contribution in [0.15, 0.2) is 42.5 Å². The quantitative estimate of drug-likeness (QED) is 0.447. The zero-order valence-electron chi connectivity index (χ0n) is 14.6. The van der Waals surface area contributed by atoms with Crippen LogP contribution < -0.4 is 15.4 Å². The molecule has 0 saturated heterocycles. The predicted octanol–water partition coefficient (Wildman–Crippen LogP) is 4.04. The molecule has 3 aromatic rings. The summed E-state index contributed by atoms with van der Waals surface area (Å²) < 4.78 is 6.39. The lowest BCUT2D eigenvalue weighted by molar-refractivity contribution is -0.384. The summed E-state index contributed by atoms with van der Waals surface area (Å²) in [4.78, 5) is 27.0. The number of amides is 1. The summed E-state index contributed by atoms with van der Waals surface area (Å²) in [5.74, 6) is 0.547. The molecule has 1 heterocycles. The first-order chi connectivity index (χ1) is 13.1. The van der Waals surface area contributed by atoms with Gasteiger partial charge < -0.3 is 15.4 Å². The van der Waals surface area contributed by atoms with Crippen LogP contribution in [0.2, 0.25) is 0 Å². The Morgan fingerprint density at radius 2 is 2.11 bits per heavy atom. The van der Waals surface area contributed by atoms with Crippen LogP contribution in [0.4, 0.5) is 16.5 Å². The van der Waals surface area contributed by atoms with Crippen molar-refractivity contribution in [3.05, 3.63) is 52.6 Å². The number of rotatable bonds is 8. The van der Waals surface area contributed by atoms with Crippen LogP contribution in [-0.4, -0.2) is 29.0 Å². The highest BCUT2D eigenvalue weighted by molar-refractivity contribution is 7.22. The van der Waals surface area contributed by atoms with Gasteiger partial charge in [0.05, 0.1) is 21.7 Å². The van der Waals surface area contributed by atoms with Crippen molar-refractivity contribution in [3.8, 4) is 5.75 Å². The number of hydrogen-bond donors (Lipinski definition) is 2. The van der Waals surface area contributed by atoms with Crippen molar-refractivity contribution >= 4 is 44.0 Å². The van der Waals surface area contributed by atoms with Gasteiger partial charge in [0.15, 0.2) is 5.13 Å². The zero-order chi connectivity index (χ0) is 19.2. The van der Waals surface area contributed by atoms with Gasteiger partial charge in [-0.3, -0.25) is 14.9 Å². The Morgan fingerprint density at radius 1 is 1.30 bits per heavy atom. The fourth-order valence-corrected chi connectivity index (χ4v) is 3.40. The number of nitro benzene ring substituents is 1. The second kappa shape index (κ2) is 8.45. The van der Waals surface area contributed by atoms with Crippen LogP contribution in [0.5, 0.6) is 5.75 Å². The summed E-state index contributed by atoms with van der Waals surface area (Å²) >= 11 is 1.37. The SMILES string of the molecule is CCOc1ccc2nc(NC(=O)CCNc3ccccc3[N+](=O)[O-])sc2c1. The molecule has 0 spiro atoms. The van der Waals surface area contributed by atoms with E-state index in [1.165, 1.54) is 17.4 Å². The molecule has 27 heavy (non-hydrogen) atoms. The van der Waals surface area contributed by atoms with Crippen molar-refractivity contribution in [2.45, 2.75) is 13.3 Å². The van der Waals surface area contributed by atoms with Gasteiger partial charge in [-0.2, -0.15) is 0 Å². The molecule has 0 atom stereocenters. The molecule has 3 rings (SSSR count). The first-order valence-electron chi connectivity index (χ1n) is 8.37. The minimum absolute atomic E-state index is 0.0193. The Balaban J connectivity index is 1.56. The molecule has 0 unspecified atom stereocenters. The van der Waals surface area contributed by atoms with Crippen LogP contribution in [-0.2, 0) is 4.79 Å². The van der Waals surface area contributed by atoms with Crippen molar-refractivity contribution in [2.75, 3.05) is 23.8 Å². The zero-order valence-corrected chi connectivity index (χ0v) is 15.4. The van der Waals surface area contributed by atoms with Crippen LogP contribution in [0.1, 0.15) is 13.3 Å². The van der Waals surface area contributed by atoms with Crippen LogP contribution in [0.25, 0.3) is 10.2 Å². The molecular formula is C18H18N4O4S. The maximum atomic E-state index is 12.1. The highest BCUT2D eigenvalue weighted by Crippen LogP contribution is 2.29. The molecule has 2 aromatic carbocycles. The molecule has 9 heteroatoms. The lowest BCUT2D eigenvalue weighted by Gasteiger charge is -2.06. The molecule has 2 N–H and O–H groups in total. The van der Waals surface area contributed by atoms with Crippen molar-refractivity contribution in [2.24, 2.45) is 0 Å². The number of carbonyl (C=O) groups is 1. The number of benzene rings is 2. The Morgan fingerprint density at radius 3 is 2.89 bits per heavy atom. The molecule has 0 fully saturated rings. The maximum Gasteiger partial charge on any atom is 0.292 e. The summed E-state index contributed by atoms with van der Waals surface area (Å²) in [5, 5.41) is 17.2. The van der Waals surface area contributed by atoms with Crippen LogP contribution >= 0.6 is 11.3 Å². The van der Waals surface area contributed by atoms with E-state index in [-0.39, 0.29) is 24.6 Å². The van der Waals surface area contributed by atoms with Gasteiger partial charge in [-0.05, 0) is 31.2 Å². The molecule has 0 aliphatic carbocycles. The summed E-state index contributed by atoms with van der Waals surface area (Å²) in [6.45, 7) is 2.77. The van der Waals surface area contributed by atoms with E-state index in [0.29, 0.717) is 17.4 Å². The number of fused-ring (bicyclic) bond motifs is 1. The van der Waals surface area contributed by atoms with Gasteiger partial charge in [0.2, 0.25) is 5.91 Å². The van der Waals surface area contributed by atoms with E-state index in [2.05, 4.69) is 15.6 Å². The molecular weight excluding hydrogens is 368 g/mol. The standard InChI is InChI=1S/C18H18N4O4S/c1-2-26-12-7-8-14-16(11-12)27-18(20-14)21-17(23)9-10-19-13-5-3-4-6-15(13)22(24)25/h3-8,11,19H,2,9-10H2,1H3,(H,20,21,23). The molecule has 0 saturated carbocycles. The predicted molar refractivity (Wildman–Crippen MR) is 106 cm³/mol. The van der Waals surface area contributed by atoms with E-state index >= 15 is 0 Å². The van der Waals surface area contributed by atoms with Gasteiger partial charge in [0.25, 0.3) is 5.69 Å². The lowest BCUT2D eigenvalue weighted by atomic mass is 10.2. The lowest BCUT2D eigenvalue weighted by Crippen LogP contribution is -2.16. The van der Waals surface area contributed by atoms with Crippen LogP contribution in [0.3, 0.4) is 0 Å². The van der Waals surface area contributed by atoms with Crippen molar-refractivity contribution in [1.82, 2.24) is 4.98 Å².